The summed E-state index contributed by atoms with van der Waals surface area (Å²) in [6, 6.07) is 0. The van der Waals surface area contributed by atoms with Crippen LogP contribution in [0.5, 0.6) is 0 Å². The van der Waals surface area contributed by atoms with Crippen molar-refractivity contribution in [1.82, 2.24) is 0 Å². The van der Waals surface area contributed by atoms with Gasteiger partial charge in [0.2, 0.25) is 0 Å². The van der Waals surface area contributed by atoms with Crippen LogP contribution in [0.2, 0.25) is 0 Å². The molecule has 0 aromatic heterocycles. The van der Waals surface area contributed by atoms with Gasteiger partial charge in [0.15, 0.2) is 0 Å². The zero-order valence-corrected chi connectivity index (χ0v) is 5.79. The summed E-state index contributed by atoms with van der Waals surface area (Å²) in [4.78, 5) is 10.0. The summed E-state index contributed by atoms with van der Waals surface area (Å²) in [6.07, 6.45) is 3.14. The molecule has 0 fully saturated rings. The lowest BCUT2D eigenvalue weighted by atomic mass is 10.1. The molecule has 0 spiro atoms. The Hall–Kier alpha value is -0.790. The topological polar surface area (TPSA) is 37.3 Å². The molecule has 52 valence electrons. The molecular formula is C7H12O2. The second kappa shape index (κ2) is 4.13. The third kappa shape index (κ3) is 5.07. The Kier molecular flexibility index (Phi) is 3.76. The fourth-order valence-corrected chi connectivity index (χ4v) is 0.412. The van der Waals surface area contributed by atoms with E-state index in [2.05, 4.69) is 0 Å². The molecule has 1 atom stereocenters. The van der Waals surface area contributed by atoms with E-state index in [1.54, 1.807) is 13.0 Å². The Balaban J connectivity index is 3.49. The van der Waals surface area contributed by atoms with Crippen LogP contribution in [0.15, 0.2) is 11.8 Å². The Morgan fingerprint density at radius 1 is 1.78 bits per heavy atom. The van der Waals surface area contributed by atoms with Gasteiger partial charge in [0, 0.05) is 5.92 Å². The fourth-order valence-electron chi connectivity index (χ4n) is 0.412. The van der Waals surface area contributed by atoms with Crippen molar-refractivity contribution in [3.8, 4) is 0 Å². The van der Waals surface area contributed by atoms with E-state index in [4.69, 9.17) is 5.11 Å². The van der Waals surface area contributed by atoms with Gasteiger partial charge >= 0.3 is 0 Å². The average molecular weight is 128 g/mol. The highest BCUT2D eigenvalue weighted by Crippen LogP contribution is 1.99. The highest BCUT2D eigenvalue weighted by Gasteiger charge is 1.94. The van der Waals surface area contributed by atoms with Gasteiger partial charge in [0.25, 0.3) is 0 Å². The summed E-state index contributed by atoms with van der Waals surface area (Å²) in [5.41, 5.74) is 0. The van der Waals surface area contributed by atoms with Crippen molar-refractivity contribution in [2.45, 2.75) is 20.3 Å². The van der Waals surface area contributed by atoms with Crippen molar-refractivity contribution < 1.29 is 9.90 Å². The maximum Gasteiger partial charge on any atom is 0.123 e. The van der Waals surface area contributed by atoms with Crippen LogP contribution < -0.4 is 0 Å². The van der Waals surface area contributed by atoms with E-state index in [1.165, 1.54) is 0 Å². The second-order valence-corrected chi connectivity index (χ2v) is 2.19. The molecule has 2 heteroatoms. The minimum absolute atomic E-state index is 0.0205. The first-order chi connectivity index (χ1) is 4.16. The first kappa shape index (κ1) is 8.21. The van der Waals surface area contributed by atoms with Crippen molar-refractivity contribution in [1.29, 1.82) is 0 Å². The molecule has 0 aliphatic heterocycles. The molecular weight excluding hydrogens is 116 g/mol. The highest BCUT2D eigenvalue weighted by molar-refractivity contribution is 5.52. The summed E-state index contributed by atoms with van der Waals surface area (Å²) < 4.78 is 0. The number of aliphatic hydroxyl groups is 1. The molecule has 0 rings (SSSR count). The molecule has 0 aromatic rings. The van der Waals surface area contributed by atoms with Crippen LogP contribution in [0.25, 0.3) is 0 Å². The number of aliphatic hydroxyl groups excluding tert-OH is 1. The zero-order chi connectivity index (χ0) is 7.28. The number of rotatable bonds is 3. The van der Waals surface area contributed by atoms with Crippen molar-refractivity contribution in [2.24, 2.45) is 5.92 Å². The standard InChI is InChI=1S/C7H12O2/c1-6(5-8)3-4-7(2)9/h4-6,9H,3H2,1-2H3/b7-4-/t6-/m1/s1. The SMILES string of the molecule is C/C(O)=C/C[C@@H](C)C=O. The van der Waals surface area contributed by atoms with E-state index in [1.807, 2.05) is 6.92 Å². The Morgan fingerprint density at radius 2 is 2.33 bits per heavy atom. The van der Waals surface area contributed by atoms with Gasteiger partial charge in [-0.05, 0) is 19.4 Å². The molecule has 0 bridgehead atoms. The maximum atomic E-state index is 10.0. The fraction of sp³-hybridized carbons (Fsp3) is 0.571. The van der Waals surface area contributed by atoms with Gasteiger partial charge in [0.05, 0.1) is 5.76 Å². The van der Waals surface area contributed by atoms with E-state index >= 15 is 0 Å². The number of hydrogen-bond acceptors (Lipinski definition) is 2. The zero-order valence-electron chi connectivity index (χ0n) is 5.79. The number of carbonyl (C=O) groups is 1. The van der Waals surface area contributed by atoms with Crippen LogP contribution in [0.3, 0.4) is 0 Å². The third-order valence-corrected chi connectivity index (χ3v) is 1.02. The van der Waals surface area contributed by atoms with Gasteiger partial charge < -0.3 is 9.90 Å². The van der Waals surface area contributed by atoms with E-state index in [9.17, 15) is 4.79 Å². The van der Waals surface area contributed by atoms with Crippen LogP contribution in [0.4, 0.5) is 0 Å². The smallest absolute Gasteiger partial charge is 0.123 e. The van der Waals surface area contributed by atoms with Crippen molar-refractivity contribution in [2.75, 3.05) is 0 Å². The molecule has 9 heavy (non-hydrogen) atoms. The van der Waals surface area contributed by atoms with E-state index in [-0.39, 0.29) is 11.7 Å². The minimum atomic E-state index is 0.0205. The summed E-state index contributed by atoms with van der Waals surface area (Å²) >= 11 is 0. The summed E-state index contributed by atoms with van der Waals surface area (Å²) in [6.45, 7) is 3.41. The average Bonchev–Trinajstić information content (AvgIpc) is 1.83. The largest absolute Gasteiger partial charge is 0.513 e. The molecule has 2 nitrogen and oxygen atoms in total. The first-order valence-electron chi connectivity index (χ1n) is 2.98. The molecule has 0 heterocycles. The van der Waals surface area contributed by atoms with Crippen LogP contribution in [-0.2, 0) is 4.79 Å². The van der Waals surface area contributed by atoms with Crippen LogP contribution in [0, 0.1) is 5.92 Å². The lowest BCUT2D eigenvalue weighted by molar-refractivity contribution is -0.110. The van der Waals surface area contributed by atoms with Gasteiger partial charge in [0.1, 0.15) is 6.29 Å². The van der Waals surface area contributed by atoms with Crippen LogP contribution in [0.1, 0.15) is 20.3 Å². The number of allylic oxidation sites excluding steroid dienone is 2. The van der Waals surface area contributed by atoms with Gasteiger partial charge in [-0.25, -0.2) is 0 Å². The third-order valence-electron chi connectivity index (χ3n) is 1.02. The van der Waals surface area contributed by atoms with Gasteiger partial charge in [-0.3, -0.25) is 0 Å². The number of hydrogen-bond donors (Lipinski definition) is 1. The predicted molar refractivity (Wildman–Crippen MR) is 36.2 cm³/mol. The van der Waals surface area contributed by atoms with Crippen molar-refractivity contribution in [3.63, 3.8) is 0 Å². The Bertz CT molecular complexity index is 112. The molecule has 0 radical (unpaired) electrons. The molecule has 0 amide bonds. The van der Waals surface area contributed by atoms with Gasteiger partial charge in [-0.2, -0.15) is 0 Å². The predicted octanol–water partition coefficient (Wildman–Crippen LogP) is 1.67. The summed E-state index contributed by atoms with van der Waals surface area (Å²) in [5.74, 6) is 0.302. The van der Waals surface area contributed by atoms with Crippen LogP contribution >= 0.6 is 0 Å². The van der Waals surface area contributed by atoms with Gasteiger partial charge in [-0.15, -0.1) is 0 Å². The van der Waals surface area contributed by atoms with E-state index in [0.29, 0.717) is 6.42 Å². The lowest BCUT2D eigenvalue weighted by Crippen LogP contribution is -1.92. The van der Waals surface area contributed by atoms with Gasteiger partial charge in [-0.1, -0.05) is 6.92 Å². The molecule has 0 aromatic carbocycles. The molecule has 0 unspecified atom stereocenters. The number of carbonyl (C=O) groups excluding carboxylic acids is 1. The number of aldehydes is 1. The normalized spacial score (nSPS) is 15.1. The Labute approximate surface area is 55.2 Å². The Morgan fingerprint density at radius 3 is 2.67 bits per heavy atom. The molecule has 0 saturated carbocycles. The van der Waals surface area contributed by atoms with Crippen molar-refractivity contribution in [3.05, 3.63) is 11.8 Å². The molecule has 0 saturated heterocycles. The molecule has 1 N–H and O–H groups in total. The maximum absolute atomic E-state index is 10.0. The van der Waals surface area contributed by atoms with Crippen molar-refractivity contribution >= 4 is 6.29 Å². The lowest BCUT2D eigenvalue weighted by Gasteiger charge is -1.95. The minimum Gasteiger partial charge on any atom is -0.513 e. The summed E-state index contributed by atoms with van der Waals surface area (Å²) in [7, 11) is 0. The first-order valence-corrected chi connectivity index (χ1v) is 2.98. The van der Waals surface area contributed by atoms with E-state index in [0.717, 1.165) is 6.29 Å². The monoisotopic (exact) mass is 128 g/mol. The quantitative estimate of drug-likeness (QED) is 0.463. The molecule has 0 aliphatic rings. The highest BCUT2D eigenvalue weighted by atomic mass is 16.3. The molecule has 0 aliphatic carbocycles. The summed E-state index contributed by atoms with van der Waals surface area (Å²) in [5, 5.41) is 8.64. The van der Waals surface area contributed by atoms with Crippen LogP contribution in [-0.4, -0.2) is 11.4 Å². The van der Waals surface area contributed by atoms with E-state index < -0.39 is 0 Å². The second-order valence-electron chi connectivity index (χ2n) is 2.19.